The number of hydrogen-bond acceptors (Lipinski definition) is 4. The minimum absolute atomic E-state index is 0.0486. The van der Waals surface area contributed by atoms with Crippen LogP contribution in [0.5, 0.6) is 0 Å². The zero-order valence-electron chi connectivity index (χ0n) is 10.8. The summed E-state index contributed by atoms with van der Waals surface area (Å²) in [5.41, 5.74) is -0.382. The average Bonchev–Trinajstić information content (AvgIpc) is 2.35. The van der Waals surface area contributed by atoms with Gasteiger partial charge in [0.25, 0.3) is 11.5 Å². The molecule has 112 valence electrons. The van der Waals surface area contributed by atoms with E-state index in [9.17, 15) is 13.6 Å². The van der Waals surface area contributed by atoms with Crippen LogP contribution in [0, 0.1) is 5.92 Å². The van der Waals surface area contributed by atoms with E-state index in [1.807, 2.05) is 0 Å². The van der Waals surface area contributed by atoms with Gasteiger partial charge in [0, 0.05) is 6.54 Å². The van der Waals surface area contributed by atoms with Crippen molar-refractivity contribution in [3.63, 3.8) is 0 Å². The monoisotopic (exact) mass is 351 g/mol. The van der Waals surface area contributed by atoms with Crippen LogP contribution in [0.4, 0.5) is 14.5 Å². The van der Waals surface area contributed by atoms with Crippen molar-refractivity contribution in [3.8, 4) is 0 Å². The fraction of sp³-hybridized carbons (Fsp3) is 0.667. The van der Waals surface area contributed by atoms with Gasteiger partial charge in [0.15, 0.2) is 0 Å². The largest absolute Gasteiger partial charge is 0.390 e. The lowest BCUT2D eigenvalue weighted by molar-refractivity contribution is -0.0373. The molecule has 1 heterocycles. The summed E-state index contributed by atoms with van der Waals surface area (Å²) in [4.78, 5) is 12.2. The Morgan fingerprint density at radius 2 is 2.25 bits per heavy atom. The number of rotatable bonds is 6. The van der Waals surface area contributed by atoms with Gasteiger partial charge in [-0.1, -0.05) is 6.42 Å². The lowest BCUT2D eigenvalue weighted by atomic mass is 9.85. The van der Waals surface area contributed by atoms with Crippen LogP contribution in [0.2, 0.25) is 0 Å². The molecule has 0 aromatic carbocycles. The summed E-state index contributed by atoms with van der Waals surface area (Å²) < 4.78 is 27.7. The zero-order valence-corrected chi connectivity index (χ0v) is 12.4. The summed E-state index contributed by atoms with van der Waals surface area (Å²) in [6, 6.07) is 0. The first kappa shape index (κ1) is 15.4. The molecule has 1 saturated carbocycles. The van der Waals surface area contributed by atoms with Gasteiger partial charge < -0.3 is 10.4 Å². The van der Waals surface area contributed by atoms with Gasteiger partial charge in [-0.05, 0) is 34.7 Å². The van der Waals surface area contributed by atoms with Crippen molar-refractivity contribution < 1.29 is 13.9 Å². The third kappa shape index (κ3) is 3.54. The molecule has 20 heavy (non-hydrogen) atoms. The number of aliphatic hydroxyl groups excluding tert-OH is 1. The van der Waals surface area contributed by atoms with Crippen molar-refractivity contribution >= 4 is 21.6 Å². The van der Waals surface area contributed by atoms with Crippen LogP contribution in [0.25, 0.3) is 0 Å². The average molecular weight is 352 g/mol. The highest BCUT2D eigenvalue weighted by Crippen LogP contribution is 2.27. The molecule has 1 aromatic heterocycles. The fourth-order valence-corrected chi connectivity index (χ4v) is 2.35. The van der Waals surface area contributed by atoms with Crippen molar-refractivity contribution in [1.82, 2.24) is 9.78 Å². The molecule has 2 rings (SSSR count). The Balaban J connectivity index is 2.14. The number of alkyl halides is 2. The summed E-state index contributed by atoms with van der Waals surface area (Å²) in [7, 11) is 0. The number of aromatic nitrogens is 2. The van der Waals surface area contributed by atoms with E-state index in [0.29, 0.717) is 16.9 Å². The second-order valence-electron chi connectivity index (χ2n) is 5.02. The van der Waals surface area contributed by atoms with Gasteiger partial charge in [-0.2, -0.15) is 5.10 Å². The molecule has 8 heteroatoms. The predicted octanol–water partition coefficient (Wildman–Crippen LogP) is 1.85. The minimum atomic E-state index is -3.27. The molecule has 0 atom stereocenters. The number of nitrogens with one attached hydrogen (secondary N) is 1. The predicted molar refractivity (Wildman–Crippen MR) is 74.1 cm³/mol. The highest BCUT2D eigenvalue weighted by molar-refractivity contribution is 9.10. The highest BCUT2D eigenvalue weighted by atomic mass is 79.9. The molecule has 2 N–H and O–H groups in total. The molecule has 0 amide bonds. The maximum absolute atomic E-state index is 13.0. The third-order valence-corrected chi connectivity index (χ3v) is 4.01. The van der Waals surface area contributed by atoms with E-state index in [1.54, 1.807) is 0 Å². The third-order valence-electron chi connectivity index (χ3n) is 3.41. The first-order valence-corrected chi connectivity index (χ1v) is 7.20. The summed E-state index contributed by atoms with van der Waals surface area (Å²) in [6.07, 6.45) is 4.70. The van der Waals surface area contributed by atoms with E-state index in [4.69, 9.17) is 5.11 Å². The van der Waals surface area contributed by atoms with Gasteiger partial charge in [0.2, 0.25) is 0 Å². The molecule has 0 radical (unpaired) electrons. The van der Waals surface area contributed by atoms with E-state index >= 15 is 0 Å². The Labute approximate surface area is 123 Å². The van der Waals surface area contributed by atoms with E-state index in [2.05, 4.69) is 26.3 Å². The molecule has 0 unspecified atom stereocenters. The highest BCUT2D eigenvalue weighted by Gasteiger charge is 2.28. The normalized spacial score (nSPS) is 16.0. The van der Waals surface area contributed by atoms with Gasteiger partial charge in [-0.3, -0.25) is 4.79 Å². The molecule has 0 spiro atoms. The zero-order chi connectivity index (χ0) is 14.8. The summed E-state index contributed by atoms with van der Waals surface area (Å²) in [6.45, 7) is -1.55. The van der Waals surface area contributed by atoms with Gasteiger partial charge in [0.05, 0.1) is 17.2 Å². The van der Waals surface area contributed by atoms with Crippen molar-refractivity contribution in [3.05, 3.63) is 21.0 Å². The van der Waals surface area contributed by atoms with Gasteiger partial charge in [0.1, 0.15) is 12.3 Å². The van der Waals surface area contributed by atoms with Crippen LogP contribution in [0.3, 0.4) is 0 Å². The molecule has 0 aliphatic heterocycles. The Hall–Kier alpha value is -1.02. The first-order valence-electron chi connectivity index (χ1n) is 6.41. The lowest BCUT2D eigenvalue weighted by Crippen LogP contribution is -2.35. The number of halogens is 3. The van der Waals surface area contributed by atoms with Crippen LogP contribution < -0.4 is 10.9 Å². The number of anilines is 1. The fourth-order valence-electron chi connectivity index (χ4n) is 1.95. The molecule has 0 bridgehead atoms. The standard InChI is InChI=1S/C12H16BrF2N3O2/c13-9-4-17-18(5-8-2-1-3-8)11(20)10(9)16-6-12(14,15)7-19/h4,8,16,19H,1-3,5-7H2. The number of aliphatic hydroxyl groups is 1. The lowest BCUT2D eigenvalue weighted by Gasteiger charge is -2.25. The van der Waals surface area contributed by atoms with Crippen LogP contribution in [0.1, 0.15) is 19.3 Å². The smallest absolute Gasteiger partial charge is 0.291 e. The molecule has 5 nitrogen and oxygen atoms in total. The summed E-state index contributed by atoms with van der Waals surface area (Å²) in [5.74, 6) is -2.83. The second-order valence-corrected chi connectivity index (χ2v) is 5.87. The quantitative estimate of drug-likeness (QED) is 0.820. The van der Waals surface area contributed by atoms with Gasteiger partial charge in [-0.25, -0.2) is 13.5 Å². The summed E-state index contributed by atoms with van der Waals surface area (Å²) in [5, 5.41) is 14.9. The molecular formula is C12H16BrF2N3O2. The maximum atomic E-state index is 13.0. The van der Waals surface area contributed by atoms with Crippen LogP contribution in [0.15, 0.2) is 15.5 Å². The Kier molecular flexibility index (Phi) is 4.74. The second kappa shape index (κ2) is 6.17. The van der Waals surface area contributed by atoms with E-state index in [1.165, 1.54) is 10.9 Å². The van der Waals surface area contributed by atoms with Crippen molar-refractivity contribution in [1.29, 1.82) is 0 Å². The minimum Gasteiger partial charge on any atom is -0.390 e. The Morgan fingerprint density at radius 1 is 1.55 bits per heavy atom. The van der Waals surface area contributed by atoms with Crippen LogP contribution in [-0.2, 0) is 6.54 Å². The maximum Gasteiger partial charge on any atom is 0.291 e. The molecule has 1 fully saturated rings. The molecule has 0 saturated heterocycles. The van der Waals surface area contributed by atoms with Crippen molar-refractivity contribution in [2.75, 3.05) is 18.5 Å². The van der Waals surface area contributed by atoms with E-state index in [0.717, 1.165) is 19.3 Å². The Morgan fingerprint density at radius 3 is 2.80 bits per heavy atom. The van der Waals surface area contributed by atoms with E-state index < -0.39 is 24.6 Å². The molecule has 1 aliphatic carbocycles. The SMILES string of the molecule is O=c1c(NCC(F)(F)CO)c(Br)cnn1CC1CCC1. The number of hydrogen-bond donors (Lipinski definition) is 2. The topological polar surface area (TPSA) is 67.2 Å². The van der Waals surface area contributed by atoms with Crippen molar-refractivity contribution in [2.45, 2.75) is 31.7 Å². The molecular weight excluding hydrogens is 336 g/mol. The molecule has 1 aliphatic rings. The van der Waals surface area contributed by atoms with Crippen LogP contribution in [-0.4, -0.2) is 34.0 Å². The van der Waals surface area contributed by atoms with Crippen molar-refractivity contribution in [2.24, 2.45) is 5.92 Å². The summed E-state index contributed by atoms with van der Waals surface area (Å²) >= 11 is 3.12. The van der Waals surface area contributed by atoms with Crippen LogP contribution >= 0.6 is 15.9 Å². The first-order chi connectivity index (χ1) is 9.43. The Bertz CT molecular complexity index is 532. The van der Waals surface area contributed by atoms with E-state index in [-0.39, 0.29) is 5.69 Å². The van der Waals surface area contributed by atoms with Gasteiger partial charge in [-0.15, -0.1) is 0 Å². The number of nitrogens with zero attached hydrogens (tertiary/aromatic N) is 2. The van der Waals surface area contributed by atoms with Gasteiger partial charge >= 0.3 is 0 Å². The molecule has 1 aromatic rings.